The van der Waals surface area contributed by atoms with Crippen LogP contribution in [0.15, 0.2) is 12.4 Å². The molecule has 16 heavy (non-hydrogen) atoms. The highest BCUT2D eigenvalue weighted by atomic mass is 15.1. The molecule has 0 aliphatic rings. The smallest absolute Gasteiger partial charge is 0.105 e. The monoisotopic (exact) mass is 223 g/mol. The maximum Gasteiger partial charge on any atom is 0.105 e. The van der Waals surface area contributed by atoms with Crippen molar-refractivity contribution in [1.29, 1.82) is 0 Å². The second-order valence-corrected chi connectivity index (χ2v) is 5.46. The Morgan fingerprint density at radius 1 is 1.44 bits per heavy atom. The average molecular weight is 223 g/mol. The summed E-state index contributed by atoms with van der Waals surface area (Å²) in [6.07, 6.45) is 6.36. The Labute approximate surface area is 99.3 Å². The largest absolute Gasteiger partial charge is 0.331 e. The molecule has 0 saturated heterocycles. The second-order valence-electron chi connectivity index (χ2n) is 5.46. The summed E-state index contributed by atoms with van der Waals surface area (Å²) in [5.74, 6) is 1.11. The second kappa shape index (κ2) is 5.48. The van der Waals surface area contributed by atoms with Crippen LogP contribution < -0.4 is 5.32 Å². The minimum absolute atomic E-state index is 0.181. The van der Waals surface area contributed by atoms with Crippen LogP contribution in [-0.2, 0) is 0 Å². The SMILES string of the molecule is CCCC(CNC(C)(C)C)n1ccnc1C. The first-order chi connectivity index (χ1) is 7.44. The number of hydrogen-bond acceptors (Lipinski definition) is 2. The van der Waals surface area contributed by atoms with E-state index < -0.39 is 0 Å². The third kappa shape index (κ3) is 3.97. The molecule has 3 heteroatoms. The van der Waals surface area contributed by atoms with Crippen molar-refractivity contribution in [1.82, 2.24) is 14.9 Å². The molecule has 0 bridgehead atoms. The summed E-state index contributed by atoms with van der Waals surface area (Å²) in [6, 6.07) is 0.520. The topological polar surface area (TPSA) is 29.9 Å². The van der Waals surface area contributed by atoms with Gasteiger partial charge in [0.15, 0.2) is 0 Å². The van der Waals surface area contributed by atoms with Crippen LogP contribution in [0.25, 0.3) is 0 Å². The minimum Gasteiger partial charge on any atom is -0.331 e. The van der Waals surface area contributed by atoms with Gasteiger partial charge in [-0.1, -0.05) is 13.3 Å². The first-order valence-electron chi connectivity index (χ1n) is 6.18. The summed E-state index contributed by atoms with van der Waals surface area (Å²) < 4.78 is 2.28. The number of aryl methyl sites for hydroxylation is 1. The van der Waals surface area contributed by atoms with E-state index in [-0.39, 0.29) is 5.54 Å². The molecule has 0 spiro atoms. The van der Waals surface area contributed by atoms with Crippen LogP contribution in [0.4, 0.5) is 0 Å². The summed E-state index contributed by atoms with van der Waals surface area (Å²) >= 11 is 0. The molecule has 3 nitrogen and oxygen atoms in total. The molecular formula is C13H25N3. The van der Waals surface area contributed by atoms with E-state index >= 15 is 0 Å². The van der Waals surface area contributed by atoms with E-state index in [2.05, 4.69) is 55.7 Å². The molecule has 1 atom stereocenters. The van der Waals surface area contributed by atoms with E-state index in [1.165, 1.54) is 12.8 Å². The van der Waals surface area contributed by atoms with Crippen molar-refractivity contribution in [2.75, 3.05) is 6.54 Å². The number of nitrogens with zero attached hydrogens (tertiary/aromatic N) is 2. The maximum absolute atomic E-state index is 4.30. The van der Waals surface area contributed by atoms with Crippen LogP contribution in [0, 0.1) is 6.92 Å². The van der Waals surface area contributed by atoms with Gasteiger partial charge in [-0.2, -0.15) is 0 Å². The van der Waals surface area contributed by atoms with Crippen molar-refractivity contribution in [3.63, 3.8) is 0 Å². The lowest BCUT2D eigenvalue weighted by atomic mass is 10.1. The van der Waals surface area contributed by atoms with E-state index in [0.717, 1.165) is 12.4 Å². The van der Waals surface area contributed by atoms with Gasteiger partial charge in [-0.15, -0.1) is 0 Å². The zero-order chi connectivity index (χ0) is 12.2. The van der Waals surface area contributed by atoms with Gasteiger partial charge in [0.2, 0.25) is 0 Å². The fraction of sp³-hybridized carbons (Fsp3) is 0.769. The number of aromatic nitrogens is 2. The fourth-order valence-corrected chi connectivity index (χ4v) is 1.87. The molecule has 1 aromatic rings. The summed E-state index contributed by atoms with van der Waals surface area (Å²) in [4.78, 5) is 4.30. The predicted octanol–water partition coefficient (Wildman–Crippen LogP) is 2.92. The highest BCUT2D eigenvalue weighted by Crippen LogP contribution is 2.16. The van der Waals surface area contributed by atoms with Crippen molar-refractivity contribution >= 4 is 0 Å². The van der Waals surface area contributed by atoms with Crippen LogP contribution in [0.5, 0.6) is 0 Å². The van der Waals surface area contributed by atoms with Gasteiger partial charge in [0.1, 0.15) is 5.82 Å². The Hall–Kier alpha value is -0.830. The minimum atomic E-state index is 0.181. The summed E-state index contributed by atoms with van der Waals surface area (Å²) in [5, 5.41) is 3.57. The Morgan fingerprint density at radius 2 is 2.12 bits per heavy atom. The van der Waals surface area contributed by atoms with E-state index in [1.54, 1.807) is 0 Å². The van der Waals surface area contributed by atoms with E-state index in [4.69, 9.17) is 0 Å². The number of hydrogen-bond donors (Lipinski definition) is 1. The molecule has 1 aromatic heterocycles. The van der Waals surface area contributed by atoms with Crippen molar-refractivity contribution < 1.29 is 0 Å². The highest BCUT2D eigenvalue weighted by molar-refractivity contribution is 4.93. The van der Waals surface area contributed by atoms with Crippen LogP contribution in [0.3, 0.4) is 0 Å². The van der Waals surface area contributed by atoms with Gasteiger partial charge in [-0.25, -0.2) is 4.98 Å². The summed E-state index contributed by atoms with van der Waals surface area (Å²) in [6.45, 7) is 11.9. The fourth-order valence-electron chi connectivity index (χ4n) is 1.87. The van der Waals surface area contributed by atoms with Gasteiger partial charge < -0.3 is 9.88 Å². The first-order valence-corrected chi connectivity index (χ1v) is 6.18. The molecular weight excluding hydrogens is 198 g/mol. The normalized spacial score (nSPS) is 14.1. The summed E-state index contributed by atoms with van der Waals surface area (Å²) in [7, 11) is 0. The van der Waals surface area contributed by atoms with Crippen molar-refractivity contribution in [2.24, 2.45) is 0 Å². The lowest BCUT2D eigenvalue weighted by Crippen LogP contribution is -2.39. The zero-order valence-electron chi connectivity index (χ0n) is 11.2. The Bertz CT molecular complexity index is 309. The maximum atomic E-state index is 4.30. The van der Waals surface area contributed by atoms with Crippen LogP contribution in [0.1, 0.15) is 52.4 Å². The van der Waals surface area contributed by atoms with Crippen molar-refractivity contribution in [2.45, 2.75) is 59.0 Å². The lowest BCUT2D eigenvalue weighted by molar-refractivity contribution is 0.349. The molecule has 1 heterocycles. The van der Waals surface area contributed by atoms with Crippen molar-refractivity contribution in [3.05, 3.63) is 18.2 Å². The van der Waals surface area contributed by atoms with Gasteiger partial charge in [-0.05, 0) is 34.1 Å². The van der Waals surface area contributed by atoms with Gasteiger partial charge in [0.05, 0.1) is 0 Å². The molecule has 1 rings (SSSR count). The number of rotatable bonds is 5. The first kappa shape index (κ1) is 13.2. The molecule has 0 saturated carbocycles. The molecule has 1 N–H and O–H groups in total. The molecule has 0 amide bonds. The third-order valence-electron chi connectivity index (χ3n) is 2.75. The lowest BCUT2D eigenvalue weighted by Gasteiger charge is -2.26. The standard InChI is InChI=1S/C13H25N3/c1-6-7-12(10-15-13(3,4)5)16-9-8-14-11(16)2/h8-9,12,15H,6-7,10H2,1-5H3. The van der Waals surface area contributed by atoms with E-state index in [9.17, 15) is 0 Å². The van der Waals surface area contributed by atoms with Gasteiger partial charge in [-0.3, -0.25) is 0 Å². The molecule has 1 unspecified atom stereocenters. The molecule has 92 valence electrons. The Balaban J connectivity index is 2.65. The van der Waals surface area contributed by atoms with Gasteiger partial charge in [0.25, 0.3) is 0 Å². The van der Waals surface area contributed by atoms with Crippen LogP contribution >= 0.6 is 0 Å². The highest BCUT2D eigenvalue weighted by Gasteiger charge is 2.15. The Kier molecular flexibility index (Phi) is 4.54. The molecule has 0 aliphatic carbocycles. The molecule has 0 radical (unpaired) electrons. The van der Waals surface area contributed by atoms with Gasteiger partial charge >= 0.3 is 0 Å². The quantitative estimate of drug-likeness (QED) is 0.832. The van der Waals surface area contributed by atoms with E-state index in [0.29, 0.717) is 6.04 Å². The Morgan fingerprint density at radius 3 is 2.56 bits per heavy atom. The molecule has 0 aromatic carbocycles. The molecule has 0 aliphatic heterocycles. The number of imidazole rings is 1. The summed E-state index contributed by atoms with van der Waals surface area (Å²) in [5.41, 5.74) is 0.181. The number of nitrogens with one attached hydrogen (secondary N) is 1. The third-order valence-corrected chi connectivity index (χ3v) is 2.75. The van der Waals surface area contributed by atoms with Gasteiger partial charge in [0, 0.05) is 30.5 Å². The average Bonchev–Trinajstić information content (AvgIpc) is 2.57. The van der Waals surface area contributed by atoms with E-state index in [1.807, 2.05) is 6.20 Å². The predicted molar refractivity (Wildman–Crippen MR) is 68.7 cm³/mol. The zero-order valence-corrected chi connectivity index (χ0v) is 11.2. The van der Waals surface area contributed by atoms with Crippen molar-refractivity contribution in [3.8, 4) is 0 Å². The van der Waals surface area contributed by atoms with Crippen LogP contribution in [-0.4, -0.2) is 21.6 Å². The van der Waals surface area contributed by atoms with Crippen LogP contribution in [0.2, 0.25) is 0 Å². The molecule has 0 fully saturated rings.